The van der Waals surface area contributed by atoms with E-state index in [0.29, 0.717) is 0 Å². The van der Waals surface area contributed by atoms with E-state index in [9.17, 15) is 4.80 Å². The number of hydrogen-bond donors (Lipinski definition) is 2. The molecule has 3 heteroatoms. The van der Waals surface area contributed by atoms with Crippen molar-refractivity contribution in [2.24, 2.45) is 0 Å². The fraction of sp³-hybridized carbons (Fsp3) is 0.333. The van der Waals surface area contributed by atoms with E-state index in [1.807, 2.05) is 37.4 Å². The lowest BCUT2D eigenvalue weighted by atomic mass is 10.2. The lowest BCUT2D eigenvalue weighted by molar-refractivity contribution is 0.548. The molecule has 0 saturated carbocycles. The molecule has 1 rings (SSSR count). The van der Waals surface area contributed by atoms with Gasteiger partial charge < -0.3 is 10.5 Å². The second kappa shape index (κ2) is 3.29. The summed E-state index contributed by atoms with van der Waals surface area (Å²) < 4.78 is 0. The topological polar surface area (TPSA) is 46.2 Å². The van der Waals surface area contributed by atoms with Gasteiger partial charge in [0, 0.05) is 5.69 Å². The first-order valence-electron chi connectivity index (χ1n) is 4.04. The van der Waals surface area contributed by atoms with Crippen LogP contribution in [0.5, 0.6) is 0 Å². The number of anilines is 1. The summed E-state index contributed by atoms with van der Waals surface area (Å²) in [6.07, 6.45) is 0. The first-order chi connectivity index (χ1) is 5.47. The van der Waals surface area contributed by atoms with E-state index in [1.165, 1.54) is 0 Å². The van der Waals surface area contributed by atoms with Gasteiger partial charge in [-0.3, -0.25) is 0 Å². The molecule has 0 bridgehead atoms. The van der Waals surface area contributed by atoms with Crippen LogP contribution in [0.25, 0.3) is 0 Å². The Labute approximate surface area is 74.2 Å². The normalized spacial score (nSPS) is 11.6. The molecule has 2 nitrogen and oxygen atoms in total. The maximum atomic E-state index is 9.66. The Morgan fingerprint density at radius 2 is 2.08 bits per heavy atom. The molecule has 0 fully saturated rings. The molecule has 1 aromatic rings. The number of nitrogens with two attached hydrogens (primary N) is 1. The fourth-order valence-electron chi connectivity index (χ4n) is 1.20. The molecule has 0 radical (unpaired) electrons. The van der Waals surface area contributed by atoms with Crippen LogP contribution < -0.4 is 5.73 Å². The second-order valence-corrected chi connectivity index (χ2v) is 7.71. The lowest BCUT2D eigenvalue weighted by Gasteiger charge is -2.13. The Bertz CT molecular complexity index is 267. The van der Waals surface area contributed by atoms with Gasteiger partial charge in [0.05, 0.1) is 0 Å². The Morgan fingerprint density at radius 1 is 1.42 bits per heavy atom. The van der Waals surface area contributed by atoms with Crippen LogP contribution in [0.4, 0.5) is 5.69 Å². The molecule has 0 unspecified atom stereocenters. The number of nitrogen functional groups attached to an aromatic ring is 1. The lowest BCUT2D eigenvalue weighted by Crippen LogP contribution is -2.28. The van der Waals surface area contributed by atoms with Crippen LogP contribution in [-0.4, -0.2) is 13.1 Å². The standard InChI is InChI=1S/C9H15NOSi/c1-12(2,11)7-8-4-3-5-9(10)6-8/h3-6,11H,7,10H2,1-2H3. The average molecular weight is 181 g/mol. The summed E-state index contributed by atoms with van der Waals surface area (Å²) in [7, 11) is -1.98. The molecule has 0 aromatic heterocycles. The van der Waals surface area contributed by atoms with Gasteiger partial charge in [0.25, 0.3) is 0 Å². The van der Waals surface area contributed by atoms with Crippen molar-refractivity contribution in [2.75, 3.05) is 5.73 Å². The van der Waals surface area contributed by atoms with Crippen LogP contribution in [0, 0.1) is 0 Å². The summed E-state index contributed by atoms with van der Waals surface area (Å²) in [5.74, 6) is 0. The minimum atomic E-state index is -1.98. The molecule has 12 heavy (non-hydrogen) atoms. The van der Waals surface area contributed by atoms with E-state index >= 15 is 0 Å². The van der Waals surface area contributed by atoms with Crippen LogP contribution in [0.1, 0.15) is 5.56 Å². The molecular weight excluding hydrogens is 166 g/mol. The maximum Gasteiger partial charge on any atom is 0.186 e. The summed E-state index contributed by atoms with van der Waals surface area (Å²) in [4.78, 5) is 9.66. The molecule has 0 aliphatic carbocycles. The zero-order chi connectivity index (χ0) is 9.19. The minimum Gasteiger partial charge on any atom is -0.432 e. The Hall–Kier alpha value is -0.803. The third-order valence-corrected chi connectivity index (χ3v) is 2.86. The van der Waals surface area contributed by atoms with Crippen molar-refractivity contribution in [3.05, 3.63) is 29.8 Å². The summed E-state index contributed by atoms with van der Waals surface area (Å²) in [5.41, 5.74) is 7.51. The first-order valence-corrected chi connectivity index (χ1v) is 7.20. The number of rotatable bonds is 2. The first kappa shape index (κ1) is 9.29. The fourth-order valence-corrected chi connectivity index (χ4v) is 2.42. The molecule has 0 aliphatic heterocycles. The Balaban J connectivity index is 2.77. The SMILES string of the molecule is C[Si](C)(O)Cc1cccc(N)c1. The van der Waals surface area contributed by atoms with Gasteiger partial charge in [-0.15, -0.1) is 0 Å². The molecule has 3 N–H and O–H groups in total. The highest BCUT2D eigenvalue weighted by molar-refractivity contribution is 6.69. The van der Waals surface area contributed by atoms with Gasteiger partial charge in [-0.2, -0.15) is 0 Å². The molecule has 0 amide bonds. The predicted octanol–water partition coefficient (Wildman–Crippen LogP) is 1.55. The molecule has 1 aromatic carbocycles. The van der Waals surface area contributed by atoms with Gasteiger partial charge in [0.2, 0.25) is 0 Å². The molecule has 0 atom stereocenters. The number of hydrogen-bond acceptors (Lipinski definition) is 2. The quantitative estimate of drug-likeness (QED) is 0.537. The van der Waals surface area contributed by atoms with Crippen molar-refractivity contribution >= 4 is 14.0 Å². The van der Waals surface area contributed by atoms with Crippen molar-refractivity contribution in [3.63, 3.8) is 0 Å². The zero-order valence-corrected chi connectivity index (χ0v) is 8.54. The van der Waals surface area contributed by atoms with Gasteiger partial charge in [0.1, 0.15) is 0 Å². The van der Waals surface area contributed by atoms with E-state index in [-0.39, 0.29) is 0 Å². The predicted molar refractivity (Wildman–Crippen MR) is 54.3 cm³/mol. The highest BCUT2D eigenvalue weighted by atomic mass is 28.4. The van der Waals surface area contributed by atoms with Crippen molar-refractivity contribution in [1.82, 2.24) is 0 Å². The van der Waals surface area contributed by atoms with Crippen molar-refractivity contribution in [2.45, 2.75) is 19.1 Å². The van der Waals surface area contributed by atoms with Crippen LogP contribution in [-0.2, 0) is 6.04 Å². The third-order valence-electron chi connectivity index (χ3n) is 1.59. The smallest absolute Gasteiger partial charge is 0.186 e. The van der Waals surface area contributed by atoms with Crippen LogP contribution in [0.3, 0.4) is 0 Å². The summed E-state index contributed by atoms with van der Waals surface area (Å²) in [6.45, 7) is 3.85. The van der Waals surface area contributed by atoms with E-state index in [0.717, 1.165) is 17.3 Å². The van der Waals surface area contributed by atoms with Crippen molar-refractivity contribution < 1.29 is 4.80 Å². The van der Waals surface area contributed by atoms with Crippen LogP contribution in [0.2, 0.25) is 13.1 Å². The third kappa shape index (κ3) is 3.07. The molecular formula is C9H15NOSi. The highest BCUT2D eigenvalue weighted by Crippen LogP contribution is 2.11. The molecule has 0 spiro atoms. The van der Waals surface area contributed by atoms with Gasteiger partial charge >= 0.3 is 0 Å². The van der Waals surface area contributed by atoms with Crippen molar-refractivity contribution in [1.29, 1.82) is 0 Å². The summed E-state index contributed by atoms with van der Waals surface area (Å²) in [6, 6.07) is 8.48. The maximum absolute atomic E-state index is 9.66. The van der Waals surface area contributed by atoms with Gasteiger partial charge in [-0.25, -0.2) is 0 Å². The Morgan fingerprint density at radius 3 is 2.58 bits per heavy atom. The minimum absolute atomic E-state index is 0.769. The van der Waals surface area contributed by atoms with E-state index in [2.05, 4.69) is 0 Å². The van der Waals surface area contributed by atoms with Gasteiger partial charge in [-0.05, 0) is 36.8 Å². The van der Waals surface area contributed by atoms with E-state index in [4.69, 9.17) is 5.73 Å². The molecule has 66 valence electrons. The molecule has 0 aliphatic rings. The molecule has 0 heterocycles. The van der Waals surface area contributed by atoms with E-state index in [1.54, 1.807) is 0 Å². The van der Waals surface area contributed by atoms with Gasteiger partial charge in [-0.1, -0.05) is 12.1 Å². The Kier molecular flexibility index (Phi) is 2.54. The number of benzene rings is 1. The monoisotopic (exact) mass is 181 g/mol. The van der Waals surface area contributed by atoms with E-state index < -0.39 is 8.32 Å². The van der Waals surface area contributed by atoms with Crippen molar-refractivity contribution in [3.8, 4) is 0 Å². The highest BCUT2D eigenvalue weighted by Gasteiger charge is 2.16. The summed E-state index contributed by atoms with van der Waals surface area (Å²) >= 11 is 0. The average Bonchev–Trinajstić information content (AvgIpc) is 1.82. The molecule has 0 saturated heterocycles. The van der Waals surface area contributed by atoms with Gasteiger partial charge in [0.15, 0.2) is 8.32 Å². The largest absolute Gasteiger partial charge is 0.432 e. The second-order valence-electron chi connectivity index (χ2n) is 3.73. The van der Waals surface area contributed by atoms with Crippen LogP contribution >= 0.6 is 0 Å². The summed E-state index contributed by atoms with van der Waals surface area (Å²) in [5, 5.41) is 0. The zero-order valence-electron chi connectivity index (χ0n) is 7.54. The van der Waals surface area contributed by atoms with Crippen LogP contribution in [0.15, 0.2) is 24.3 Å².